The molecule has 1 aromatic carbocycles. The second-order valence-electron chi connectivity index (χ2n) is 6.18. The van der Waals surface area contributed by atoms with Crippen LogP contribution in [0.5, 0.6) is 0 Å². The predicted molar refractivity (Wildman–Crippen MR) is 123 cm³/mol. The quantitative estimate of drug-likeness (QED) is 0.345. The van der Waals surface area contributed by atoms with E-state index in [0.717, 1.165) is 44.6 Å². The number of halogens is 1. The number of aliphatic imine (C=N–C) groups is 1. The minimum Gasteiger partial charge on any atom is -0.352 e. The van der Waals surface area contributed by atoms with Crippen LogP contribution in [0, 0.1) is 0 Å². The van der Waals surface area contributed by atoms with Crippen LogP contribution in [0.2, 0.25) is 0 Å². The molecule has 8 heteroatoms. The van der Waals surface area contributed by atoms with Crippen molar-refractivity contribution >= 4 is 57.3 Å². The van der Waals surface area contributed by atoms with Gasteiger partial charge >= 0.3 is 0 Å². The lowest BCUT2D eigenvalue weighted by atomic mass is 10.2. The first-order valence-electron chi connectivity index (χ1n) is 8.78. The molecule has 0 unspecified atom stereocenters. The lowest BCUT2D eigenvalue weighted by Crippen LogP contribution is -2.52. The molecule has 0 aliphatic carbocycles. The highest BCUT2D eigenvalue weighted by Gasteiger charge is 2.21. The Labute approximate surface area is 180 Å². The van der Waals surface area contributed by atoms with Crippen LogP contribution in [0.3, 0.4) is 0 Å². The van der Waals surface area contributed by atoms with Crippen molar-refractivity contribution in [2.75, 3.05) is 38.1 Å². The molecule has 27 heavy (non-hydrogen) atoms. The third-order valence-corrected chi connectivity index (χ3v) is 5.64. The van der Waals surface area contributed by atoms with Gasteiger partial charge in [-0.3, -0.25) is 4.99 Å². The summed E-state index contributed by atoms with van der Waals surface area (Å²) in [5.41, 5.74) is 1.32. The number of thiophene rings is 1. The number of rotatable bonds is 3. The largest absolute Gasteiger partial charge is 0.352 e. The van der Waals surface area contributed by atoms with Gasteiger partial charge < -0.3 is 15.1 Å². The van der Waals surface area contributed by atoms with Crippen molar-refractivity contribution in [3.63, 3.8) is 0 Å². The van der Waals surface area contributed by atoms with Gasteiger partial charge in [-0.25, -0.2) is 9.97 Å². The number of hydrogen-bond acceptors (Lipinski definition) is 5. The molecule has 0 amide bonds. The van der Waals surface area contributed by atoms with Crippen LogP contribution >= 0.6 is 35.3 Å². The Hall–Kier alpha value is -1.94. The molecule has 0 atom stereocenters. The molecule has 0 spiro atoms. The number of aromatic nitrogens is 2. The van der Waals surface area contributed by atoms with Crippen molar-refractivity contribution < 1.29 is 0 Å². The summed E-state index contributed by atoms with van der Waals surface area (Å²) in [7, 11) is 1.85. The Morgan fingerprint density at radius 2 is 1.85 bits per heavy atom. The molecule has 1 N–H and O–H groups in total. The molecule has 0 bridgehead atoms. The summed E-state index contributed by atoms with van der Waals surface area (Å²) in [6, 6.07) is 10.4. The summed E-state index contributed by atoms with van der Waals surface area (Å²) < 4.78 is 1.33. The molecule has 4 rings (SSSR count). The van der Waals surface area contributed by atoms with Crippen LogP contribution in [-0.4, -0.2) is 54.1 Å². The molecule has 3 aromatic rings. The minimum absolute atomic E-state index is 0. The molecule has 1 fully saturated rings. The molecule has 6 nitrogen and oxygen atoms in total. The smallest absolute Gasteiger partial charge is 0.225 e. The van der Waals surface area contributed by atoms with E-state index in [2.05, 4.69) is 59.7 Å². The third kappa shape index (κ3) is 4.49. The van der Waals surface area contributed by atoms with Gasteiger partial charge in [-0.2, -0.15) is 0 Å². The maximum Gasteiger partial charge on any atom is 0.225 e. The van der Waals surface area contributed by atoms with Crippen LogP contribution in [0.1, 0.15) is 5.56 Å². The van der Waals surface area contributed by atoms with Crippen LogP contribution < -0.4 is 10.2 Å². The van der Waals surface area contributed by atoms with E-state index in [1.54, 1.807) is 23.7 Å². The summed E-state index contributed by atoms with van der Waals surface area (Å²) in [6.45, 7) is 4.39. The number of hydrogen-bond donors (Lipinski definition) is 1. The van der Waals surface area contributed by atoms with Crippen molar-refractivity contribution in [2.45, 2.75) is 6.54 Å². The van der Waals surface area contributed by atoms with Crippen molar-refractivity contribution in [1.29, 1.82) is 0 Å². The Balaban J connectivity index is 0.00000210. The highest BCUT2D eigenvalue weighted by molar-refractivity contribution is 14.0. The molecule has 1 saturated heterocycles. The lowest BCUT2D eigenvalue weighted by Gasteiger charge is -2.36. The average Bonchev–Trinajstić information content (AvgIpc) is 3.13. The van der Waals surface area contributed by atoms with Gasteiger partial charge in [0.1, 0.15) is 0 Å². The maximum atomic E-state index is 4.47. The van der Waals surface area contributed by atoms with E-state index >= 15 is 0 Å². The summed E-state index contributed by atoms with van der Waals surface area (Å²) in [5.74, 6) is 1.76. The van der Waals surface area contributed by atoms with Crippen molar-refractivity contribution in [2.24, 2.45) is 4.99 Å². The first-order chi connectivity index (χ1) is 12.8. The van der Waals surface area contributed by atoms with Gasteiger partial charge in [-0.05, 0) is 28.5 Å². The maximum absolute atomic E-state index is 4.47. The van der Waals surface area contributed by atoms with Crippen LogP contribution in [0.15, 0.2) is 53.1 Å². The molecular formula is C19H23IN6S. The Kier molecular flexibility index (Phi) is 6.84. The number of guanidine groups is 1. The van der Waals surface area contributed by atoms with Gasteiger partial charge in [0.25, 0.3) is 0 Å². The van der Waals surface area contributed by atoms with Crippen molar-refractivity contribution in [3.05, 3.63) is 53.7 Å². The fourth-order valence-corrected chi connectivity index (χ4v) is 4.21. The SMILES string of the molecule is CN=C(NCc1csc2ccccc12)N1CCN(c2ncccn2)CC1.I. The molecule has 3 heterocycles. The van der Waals surface area contributed by atoms with E-state index in [1.807, 2.05) is 13.1 Å². The molecule has 2 aromatic heterocycles. The fraction of sp³-hybridized carbons (Fsp3) is 0.316. The highest BCUT2D eigenvalue weighted by Crippen LogP contribution is 2.25. The zero-order valence-corrected chi connectivity index (χ0v) is 18.4. The molecule has 1 aliphatic heterocycles. The normalized spacial score (nSPS) is 14.9. The van der Waals surface area contributed by atoms with Crippen molar-refractivity contribution in [3.8, 4) is 0 Å². The van der Waals surface area contributed by atoms with Gasteiger partial charge in [-0.15, -0.1) is 35.3 Å². The molecule has 142 valence electrons. The van der Waals surface area contributed by atoms with Gasteiger partial charge in [0, 0.05) is 56.9 Å². The number of nitrogens with zero attached hydrogens (tertiary/aromatic N) is 5. The first kappa shape index (κ1) is 19.8. The molecule has 0 radical (unpaired) electrons. The Morgan fingerprint density at radius 3 is 2.59 bits per heavy atom. The zero-order valence-electron chi connectivity index (χ0n) is 15.2. The topological polar surface area (TPSA) is 56.7 Å². The zero-order chi connectivity index (χ0) is 17.8. The van der Waals surface area contributed by atoms with Gasteiger partial charge in [0.05, 0.1) is 0 Å². The summed E-state index contributed by atoms with van der Waals surface area (Å²) in [6.07, 6.45) is 3.58. The third-order valence-electron chi connectivity index (χ3n) is 4.62. The van der Waals surface area contributed by atoms with E-state index < -0.39 is 0 Å². The van der Waals surface area contributed by atoms with Crippen LogP contribution in [0.25, 0.3) is 10.1 Å². The fourth-order valence-electron chi connectivity index (χ4n) is 3.25. The summed E-state index contributed by atoms with van der Waals surface area (Å²) >= 11 is 1.79. The van der Waals surface area contributed by atoms with E-state index in [9.17, 15) is 0 Å². The van der Waals surface area contributed by atoms with Crippen LogP contribution in [0.4, 0.5) is 5.95 Å². The average molecular weight is 494 g/mol. The van der Waals surface area contributed by atoms with E-state index in [4.69, 9.17) is 0 Å². The number of nitrogens with one attached hydrogen (secondary N) is 1. The summed E-state index contributed by atoms with van der Waals surface area (Å²) in [5, 5.41) is 7.08. The van der Waals surface area contributed by atoms with Gasteiger partial charge in [0.15, 0.2) is 5.96 Å². The second-order valence-corrected chi connectivity index (χ2v) is 7.09. The molecular weight excluding hydrogens is 471 g/mol. The second kappa shape index (κ2) is 9.32. The van der Waals surface area contributed by atoms with Crippen LogP contribution in [-0.2, 0) is 6.54 Å². The van der Waals surface area contributed by atoms with E-state index in [0.29, 0.717) is 0 Å². The van der Waals surface area contributed by atoms with E-state index in [-0.39, 0.29) is 24.0 Å². The molecule has 1 aliphatic rings. The Bertz CT molecular complexity index is 889. The van der Waals surface area contributed by atoms with E-state index in [1.165, 1.54) is 15.6 Å². The number of benzene rings is 1. The standard InChI is InChI=1S/C19H22N6S.HI/c1-20-18(23-13-15-14-26-17-6-3-2-5-16(15)17)24-9-11-25(12-10-24)19-21-7-4-8-22-19;/h2-8,14H,9-13H2,1H3,(H,20,23);1H. The lowest BCUT2D eigenvalue weighted by molar-refractivity contribution is 0.370. The predicted octanol–water partition coefficient (Wildman–Crippen LogP) is 3.21. The van der Waals surface area contributed by atoms with Gasteiger partial charge in [-0.1, -0.05) is 18.2 Å². The number of fused-ring (bicyclic) bond motifs is 1. The monoisotopic (exact) mass is 494 g/mol. The summed E-state index contributed by atoms with van der Waals surface area (Å²) in [4.78, 5) is 17.7. The minimum atomic E-state index is 0. The number of anilines is 1. The highest BCUT2D eigenvalue weighted by atomic mass is 127. The first-order valence-corrected chi connectivity index (χ1v) is 9.66. The molecule has 0 saturated carbocycles. The van der Waals surface area contributed by atoms with Gasteiger partial charge in [0.2, 0.25) is 5.95 Å². The number of piperazine rings is 1. The van der Waals surface area contributed by atoms with Crippen molar-refractivity contribution in [1.82, 2.24) is 20.2 Å². The Morgan fingerprint density at radius 1 is 1.11 bits per heavy atom.